The lowest BCUT2D eigenvalue weighted by molar-refractivity contribution is -0.113. The maximum absolute atomic E-state index is 12.5. The Labute approximate surface area is 224 Å². The molecule has 10 heteroatoms. The van der Waals surface area contributed by atoms with Crippen LogP contribution in [0.5, 0.6) is 5.75 Å². The number of rotatable bonds is 10. The molecule has 0 atom stereocenters. The molecule has 0 fully saturated rings. The molecular formula is C26H28ClN5O2S2. The molecule has 2 aromatic heterocycles. The molecule has 7 nitrogen and oxygen atoms in total. The summed E-state index contributed by atoms with van der Waals surface area (Å²) in [7, 11) is 1.91. The third kappa shape index (κ3) is 6.66. The highest BCUT2D eigenvalue weighted by Gasteiger charge is 2.13. The van der Waals surface area contributed by atoms with Gasteiger partial charge in [-0.1, -0.05) is 35.5 Å². The highest BCUT2D eigenvalue weighted by atomic mass is 35.5. The summed E-state index contributed by atoms with van der Waals surface area (Å²) in [6.07, 6.45) is 1.52. The van der Waals surface area contributed by atoms with Crippen molar-refractivity contribution in [3.63, 3.8) is 0 Å². The number of aryl methyl sites for hydroxylation is 4. The van der Waals surface area contributed by atoms with Gasteiger partial charge in [0, 0.05) is 29.4 Å². The van der Waals surface area contributed by atoms with Crippen LogP contribution in [0, 0.1) is 20.8 Å². The number of carbonyl (C=O) groups is 1. The monoisotopic (exact) mass is 541 g/mol. The van der Waals surface area contributed by atoms with Gasteiger partial charge in [0.2, 0.25) is 5.91 Å². The van der Waals surface area contributed by atoms with Crippen LogP contribution in [-0.2, 0) is 18.3 Å². The lowest BCUT2D eigenvalue weighted by atomic mass is 10.1. The Hall–Kier alpha value is -2.88. The Morgan fingerprint density at radius 3 is 2.72 bits per heavy atom. The average molecular weight is 542 g/mol. The zero-order valence-electron chi connectivity index (χ0n) is 20.7. The molecule has 4 rings (SSSR count). The Balaban J connectivity index is 1.23. The molecule has 2 aromatic carbocycles. The molecular weight excluding hydrogens is 514 g/mol. The van der Waals surface area contributed by atoms with Gasteiger partial charge in [-0.2, -0.15) is 0 Å². The lowest BCUT2D eigenvalue weighted by Gasteiger charge is -2.09. The number of ether oxygens (including phenoxy) is 1. The highest BCUT2D eigenvalue weighted by molar-refractivity contribution is 7.99. The van der Waals surface area contributed by atoms with Gasteiger partial charge >= 0.3 is 0 Å². The van der Waals surface area contributed by atoms with E-state index in [2.05, 4.69) is 52.5 Å². The van der Waals surface area contributed by atoms with Crippen LogP contribution in [-0.4, -0.2) is 38.0 Å². The predicted octanol–water partition coefficient (Wildman–Crippen LogP) is 6.26. The van der Waals surface area contributed by atoms with Crippen LogP contribution in [0.1, 0.15) is 28.9 Å². The summed E-state index contributed by atoms with van der Waals surface area (Å²) in [6, 6.07) is 11.8. The van der Waals surface area contributed by atoms with Crippen molar-refractivity contribution in [2.24, 2.45) is 7.05 Å². The largest absolute Gasteiger partial charge is 0.493 e. The molecule has 0 aliphatic heterocycles. The quantitative estimate of drug-likeness (QED) is 0.188. The topological polar surface area (TPSA) is 81.9 Å². The van der Waals surface area contributed by atoms with E-state index in [1.54, 1.807) is 0 Å². The van der Waals surface area contributed by atoms with Crippen molar-refractivity contribution < 1.29 is 9.53 Å². The number of thiazole rings is 1. The molecule has 36 heavy (non-hydrogen) atoms. The molecule has 4 aromatic rings. The number of halogens is 1. The van der Waals surface area contributed by atoms with Crippen molar-refractivity contribution >= 4 is 45.7 Å². The third-order valence-corrected chi connectivity index (χ3v) is 7.76. The van der Waals surface area contributed by atoms with E-state index in [-0.39, 0.29) is 11.7 Å². The van der Waals surface area contributed by atoms with E-state index in [0.29, 0.717) is 21.9 Å². The van der Waals surface area contributed by atoms with Crippen LogP contribution >= 0.6 is 34.7 Å². The molecule has 0 saturated heterocycles. The Bertz CT molecular complexity index is 1370. The minimum Gasteiger partial charge on any atom is -0.493 e. The molecule has 188 valence electrons. The first kappa shape index (κ1) is 26.2. The predicted molar refractivity (Wildman–Crippen MR) is 147 cm³/mol. The van der Waals surface area contributed by atoms with Crippen LogP contribution in [0.15, 0.2) is 46.9 Å². The smallest absolute Gasteiger partial charge is 0.236 e. The Morgan fingerprint density at radius 1 is 1.11 bits per heavy atom. The third-order valence-electron chi connectivity index (χ3n) is 5.75. The number of hydrogen-bond acceptors (Lipinski definition) is 7. The summed E-state index contributed by atoms with van der Waals surface area (Å²) in [6.45, 7) is 6.71. The molecule has 0 aliphatic carbocycles. The number of amides is 1. The number of benzene rings is 2. The zero-order chi connectivity index (χ0) is 25.7. The van der Waals surface area contributed by atoms with Gasteiger partial charge in [-0.3, -0.25) is 4.79 Å². The van der Waals surface area contributed by atoms with E-state index in [0.717, 1.165) is 41.2 Å². The summed E-state index contributed by atoms with van der Waals surface area (Å²) in [5.74, 6) is 1.79. The van der Waals surface area contributed by atoms with E-state index in [4.69, 9.17) is 16.3 Å². The van der Waals surface area contributed by atoms with E-state index in [9.17, 15) is 4.79 Å². The SMILES string of the molecule is Cc1ccc(-c2csc(NC(=O)CSc3nnc(CCCOc4ccc(Cl)cc4C)n3C)n2)cc1C. The Kier molecular flexibility index (Phi) is 8.66. The zero-order valence-corrected chi connectivity index (χ0v) is 23.1. The molecule has 0 saturated carbocycles. The van der Waals surface area contributed by atoms with E-state index in [1.165, 1.54) is 34.2 Å². The lowest BCUT2D eigenvalue weighted by Crippen LogP contribution is -2.14. The van der Waals surface area contributed by atoms with Crippen LogP contribution in [0.3, 0.4) is 0 Å². The van der Waals surface area contributed by atoms with Crippen molar-refractivity contribution in [3.8, 4) is 17.0 Å². The van der Waals surface area contributed by atoms with Crippen LogP contribution in [0.4, 0.5) is 5.13 Å². The van der Waals surface area contributed by atoms with Crippen molar-refractivity contribution in [2.75, 3.05) is 17.7 Å². The van der Waals surface area contributed by atoms with E-state index < -0.39 is 0 Å². The first-order chi connectivity index (χ1) is 17.3. The second-order valence-corrected chi connectivity index (χ2v) is 10.7. The van der Waals surface area contributed by atoms with Gasteiger partial charge in [0.1, 0.15) is 11.6 Å². The number of thioether (sulfide) groups is 1. The van der Waals surface area contributed by atoms with E-state index >= 15 is 0 Å². The second-order valence-electron chi connectivity index (χ2n) is 8.49. The minimum atomic E-state index is -0.128. The van der Waals surface area contributed by atoms with E-state index in [1.807, 2.05) is 42.1 Å². The van der Waals surface area contributed by atoms with Gasteiger partial charge in [-0.05, 0) is 68.1 Å². The summed E-state index contributed by atoms with van der Waals surface area (Å²) in [5, 5.41) is 15.3. The number of nitrogens with one attached hydrogen (secondary N) is 1. The van der Waals surface area contributed by atoms with Crippen LogP contribution in [0.25, 0.3) is 11.3 Å². The number of nitrogens with zero attached hydrogens (tertiary/aromatic N) is 4. The maximum atomic E-state index is 12.5. The molecule has 0 radical (unpaired) electrons. The standard InChI is InChI=1S/C26H28ClN5O2S2/c1-16-7-8-19(12-17(16)2)21-14-35-25(28-21)29-24(33)15-36-26-31-30-23(32(26)4)6-5-11-34-22-10-9-20(27)13-18(22)3/h7-10,12-14H,5-6,11,15H2,1-4H3,(H,28,29,33). The van der Waals surface area contributed by atoms with Gasteiger partial charge in [0.15, 0.2) is 10.3 Å². The minimum absolute atomic E-state index is 0.128. The summed E-state index contributed by atoms with van der Waals surface area (Å²) >= 11 is 8.76. The highest BCUT2D eigenvalue weighted by Crippen LogP contribution is 2.27. The average Bonchev–Trinajstić information content (AvgIpc) is 3.45. The fourth-order valence-corrected chi connectivity index (χ4v) is 5.22. The molecule has 2 heterocycles. The maximum Gasteiger partial charge on any atom is 0.236 e. The van der Waals surface area contributed by atoms with Gasteiger partial charge in [0.05, 0.1) is 18.1 Å². The number of carbonyl (C=O) groups excluding carboxylic acids is 1. The normalized spacial score (nSPS) is 11.0. The molecule has 0 bridgehead atoms. The number of aromatic nitrogens is 4. The van der Waals surface area contributed by atoms with Gasteiger partial charge in [0.25, 0.3) is 0 Å². The number of hydrogen-bond donors (Lipinski definition) is 1. The van der Waals surface area contributed by atoms with Gasteiger partial charge in [-0.25, -0.2) is 4.98 Å². The first-order valence-corrected chi connectivity index (χ1v) is 13.8. The first-order valence-electron chi connectivity index (χ1n) is 11.5. The van der Waals surface area contributed by atoms with Crippen molar-refractivity contribution in [1.29, 1.82) is 0 Å². The molecule has 1 N–H and O–H groups in total. The van der Waals surface area contributed by atoms with Crippen molar-refractivity contribution in [2.45, 2.75) is 38.8 Å². The number of anilines is 1. The summed E-state index contributed by atoms with van der Waals surface area (Å²) in [4.78, 5) is 17.1. The van der Waals surface area contributed by atoms with Gasteiger partial charge < -0.3 is 14.6 Å². The second kappa shape index (κ2) is 11.9. The van der Waals surface area contributed by atoms with Gasteiger partial charge in [-0.15, -0.1) is 21.5 Å². The molecule has 0 aliphatic rings. The molecule has 0 unspecified atom stereocenters. The molecule has 0 spiro atoms. The van der Waals surface area contributed by atoms with Crippen molar-refractivity contribution in [1.82, 2.24) is 19.7 Å². The summed E-state index contributed by atoms with van der Waals surface area (Å²) in [5.41, 5.74) is 5.38. The van der Waals surface area contributed by atoms with Crippen LogP contribution in [0.2, 0.25) is 5.02 Å². The fourth-order valence-electron chi connectivity index (χ4n) is 3.53. The fraction of sp³-hybridized carbons (Fsp3) is 0.308. The molecule has 1 amide bonds. The summed E-state index contributed by atoms with van der Waals surface area (Å²) < 4.78 is 7.78. The Morgan fingerprint density at radius 2 is 1.94 bits per heavy atom. The van der Waals surface area contributed by atoms with Crippen LogP contribution < -0.4 is 10.1 Å². The van der Waals surface area contributed by atoms with Crippen molar-refractivity contribution in [3.05, 3.63) is 69.3 Å².